The number of hydrogen-bond acceptors (Lipinski definition) is 4. The number of nitrogens with one attached hydrogen (secondary N) is 1. The standard InChI is InChI=1S/C13H11FN2O3S/c14-11-5-7-12(8-6-11)20(18,19)16-15-9-10-3-1-2-4-13(10)17/h1-9,16-17H/b15-9-. The van der Waals surface area contributed by atoms with Crippen LogP contribution in [0.25, 0.3) is 0 Å². The summed E-state index contributed by atoms with van der Waals surface area (Å²) in [7, 11) is -3.86. The van der Waals surface area contributed by atoms with E-state index in [1.165, 1.54) is 12.3 Å². The molecule has 2 N–H and O–H groups in total. The summed E-state index contributed by atoms with van der Waals surface area (Å²) in [6.45, 7) is 0. The van der Waals surface area contributed by atoms with Crippen LogP contribution in [0, 0.1) is 5.82 Å². The smallest absolute Gasteiger partial charge is 0.276 e. The van der Waals surface area contributed by atoms with Crippen LogP contribution in [0.5, 0.6) is 5.75 Å². The number of phenolic OH excluding ortho intramolecular Hbond substituents is 1. The third-order valence-corrected chi connectivity index (χ3v) is 3.68. The van der Waals surface area contributed by atoms with E-state index in [1.54, 1.807) is 18.2 Å². The summed E-state index contributed by atoms with van der Waals surface area (Å²) in [5, 5.41) is 13.0. The van der Waals surface area contributed by atoms with Crippen molar-refractivity contribution in [3.05, 3.63) is 59.9 Å². The van der Waals surface area contributed by atoms with Gasteiger partial charge in [-0.15, -0.1) is 0 Å². The SMILES string of the molecule is O=S(=O)(N/N=C\c1ccccc1O)c1ccc(F)cc1. The number of hydrazone groups is 1. The first-order valence-corrected chi connectivity index (χ1v) is 7.06. The highest BCUT2D eigenvalue weighted by Crippen LogP contribution is 2.13. The molecule has 0 aliphatic rings. The number of hydrogen-bond donors (Lipinski definition) is 2. The van der Waals surface area contributed by atoms with Crippen LogP contribution in [0.2, 0.25) is 0 Å². The maximum atomic E-state index is 12.7. The van der Waals surface area contributed by atoms with Gasteiger partial charge in [-0.05, 0) is 36.4 Å². The van der Waals surface area contributed by atoms with Crippen molar-refractivity contribution in [3.8, 4) is 5.75 Å². The molecule has 7 heteroatoms. The molecule has 0 unspecified atom stereocenters. The molecule has 0 saturated carbocycles. The zero-order chi connectivity index (χ0) is 14.6. The number of nitrogens with zero attached hydrogens (tertiary/aromatic N) is 1. The van der Waals surface area contributed by atoms with E-state index in [2.05, 4.69) is 5.10 Å². The highest BCUT2D eigenvalue weighted by Gasteiger charge is 2.12. The number of sulfonamides is 1. The van der Waals surface area contributed by atoms with Crippen molar-refractivity contribution >= 4 is 16.2 Å². The highest BCUT2D eigenvalue weighted by molar-refractivity contribution is 7.89. The number of benzene rings is 2. The summed E-state index contributed by atoms with van der Waals surface area (Å²) >= 11 is 0. The summed E-state index contributed by atoms with van der Waals surface area (Å²) in [6.07, 6.45) is 1.18. The minimum absolute atomic E-state index is 0.0165. The number of phenols is 1. The molecule has 2 rings (SSSR count). The van der Waals surface area contributed by atoms with Crippen LogP contribution in [0.4, 0.5) is 4.39 Å². The van der Waals surface area contributed by atoms with Crippen molar-refractivity contribution in [2.45, 2.75) is 4.90 Å². The second kappa shape index (κ2) is 5.70. The van der Waals surface area contributed by atoms with Crippen molar-refractivity contribution in [1.29, 1.82) is 0 Å². The van der Waals surface area contributed by atoms with E-state index in [1.807, 2.05) is 4.83 Å². The predicted octanol–water partition coefficient (Wildman–Crippen LogP) is 1.84. The lowest BCUT2D eigenvalue weighted by Gasteiger charge is -2.03. The molecule has 2 aromatic rings. The van der Waals surface area contributed by atoms with E-state index in [0.717, 1.165) is 24.3 Å². The van der Waals surface area contributed by atoms with E-state index >= 15 is 0 Å². The molecule has 104 valence electrons. The van der Waals surface area contributed by atoms with E-state index in [4.69, 9.17) is 0 Å². The summed E-state index contributed by atoms with van der Waals surface area (Å²) < 4.78 is 36.3. The largest absolute Gasteiger partial charge is 0.507 e. The van der Waals surface area contributed by atoms with Gasteiger partial charge < -0.3 is 5.11 Å². The molecule has 2 aromatic carbocycles. The van der Waals surface area contributed by atoms with Crippen LogP contribution in [0.1, 0.15) is 5.56 Å². The Hall–Kier alpha value is -2.41. The van der Waals surface area contributed by atoms with Gasteiger partial charge in [-0.25, -0.2) is 9.22 Å². The van der Waals surface area contributed by atoms with Gasteiger partial charge in [-0.3, -0.25) is 0 Å². The fourth-order valence-corrected chi connectivity index (χ4v) is 2.22. The molecule has 0 aliphatic heterocycles. The molecule has 5 nitrogen and oxygen atoms in total. The zero-order valence-electron chi connectivity index (χ0n) is 10.2. The van der Waals surface area contributed by atoms with Gasteiger partial charge in [0.2, 0.25) is 0 Å². The van der Waals surface area contributed by atoms with Crippen LogP contribution in [0.15, 0.2) is 58.5 Å². The second-order valence-corrected chi connectivity index (χ2v) is 5.53. The Kier molecular flexibility index (Phi) is 3.99. The summed E-state index contributed by atoms with van der Waals surface area (Å²) in [4.78, 5) is 1.88. The molecule has 0 fully saturated rings. The van der Waals surface area contributed by atoms with Crippen LogP contribution in [0.3, 0.4) is 0 Å². The Bertz CT molecular complexity index is 728. The summed E-state index contributed by atoms with van der Waals surface area (Å²) in [6, 6.07) is 10.7. The number of aromatic hydroxyl groups is 1. The van der Waals surface area contributed by atoms with Gasteiger partial charge in [-0.1, -0.05) is 12.1 Å². The molecule has 0 aliphatic carbocycles. The van der Waals surface area contributed by atoms with Crippen LogP contribution >= 0.6 is 0 Å². The molecule has 0 radical (unpaired) electrons. The molecule has 0 atom stereocenters. The quantitative estimate of drug-likeness (QED) is 0.667. The number of rotatable bonds is 4. The molecule has 0 spiro atoms. The predicted molar refractivity (Wildman–Crippen MR) is 72.4 cm³/mol. The Morgan fingerprint density at radius 1 is 1.10 bits per heavy atom. The maximum absolute atomic E-state index is 12.7. The van der Waals surface area contributed by atoms with Crippen molar-refractivity contribution in [3.63, 3.8) is 0 Å². The zero-order valence-corrected chi connectivity index (χ0v) is 11.0. The Morgan fingerprint density at radius 3 is 2.40 bits per heavy atom. The monoisotopic (exact) mass is 294 g/mol. The minimum Gasteiger partial charge on any atom is -0.507 e. The average Bonchev–Trinajstić information content (AvgIpc) is 2.41. The first kappa shape index (κ1) is 14.0. The third kappa shape index (κ3) is 3.33. The first-order valence-electron chi connectivity index (χ1n) is 5.57. The fourth-order valence-electron chi connectivity index (χ4n) is 1.43. The highest BCUT2D eigenvalue weighted by atomic mass is 32.2. The van der Waals surface area contributed by atoms with Crippen molar-refractivity contribution < 1.29 is 17.9 Å². The summed E-state index contributed by atoms with van der Waals surface area (Å²) in [5.41, 5.74) is 0.370. The van der Waals surface area contributed by atoms with Gasteiger partial charge >= 0.3 is 0 Å². The van der Waals surface area contributed by atoms with Gasteiger partial charge in [0.15, 0.2) is 0 Å². The molecule has 0 amide bonds. The van der Waals surface area contributed by atoms with Gasteiger partial charge in [0.25, 0.3) is 10.0 Å². The van der Waals surface area contributed by atoms with Crippen LogP contribution in [-0.4, -0.2) is 19.7 Å². The summed E-state index contributed by atoms with van der Waals surface area (Å²) in [5.74, 6) is -0.543. The van der Waals surface area contributed by atoms with Crippen LogP contribution in [-0.2, 0) is 10.0 Å². The minimum atomic E-state index is -3.86. The second-order valence-electron chi connectivity index (χ2n) is 3.87. The Morgan fingerprint density at radius 2 is 1.75 bits per heavy atom. The number of halogens is 1. The lowest BCUT2D eigenvalue weighted by molar-refractivity contribution is 0.474. The maximum Gasteiger partial charge on any atom is 0.276 e. The number of para-hydroxylation sites is 1. The van der Waals surface area contributed by atoms with Crippen molar-refractivity contribution in [1.82, 2.24) is 4.83 Å². The third-order valence-electron chi connectivity index (χ3n) is 2.44. The van der Waals surface area contributed by atoms with Crippen LogP contribution < -0.4 is 4.83 Å². The first-order chi connectivity index (χ1) is 9.49. The molecular formula is C13H11FN2O3S. The van der Waals surface area contributed by atoms with E-state index in [9.17, 15) is 17.9 Å². The normalized spacial score (nSPS) is 11.7. The molecule has 0 heterocycles. The molecule has 0 bridgehead atoms. The van der Waals surface area contributed by atoms with Gasteiger partial charge in [0.1, 0.15) is 11.6 Å². The van der Waals surface area contributed by atoms with Crippen molar-refractivity contribution in [2.24, 2.45) is 5.10 Å². The van der Waals surface area contributed by atoms with Gasteiger partial charge in [-0.2, -0.15) is 13.5 Å². The molecule has 0 aromatic heterocycles. The molecular weight excluding hydrogens is 283 g/mol. The van der Waals surface area contributed by atoms with Gasteiger partial charge in [0, 0.05) is 5.56 Å². The topological polar surface area (TPSA) is 78.8 Å². The van der Waals surface area contributed by atoms with E-state index < -0.39 is 15.8 Å². The Balaban J connectivity index is 2.14. The molecule has 20 heavy (non-hydrogen) atoms. The van der Waals surface area contributed by atoms with E-state index in [-0.39, 0.29) is 10.6 Å². The lowest BCUT2D eigenvalue weighted by Crippen LogP contribution is -2.18. The fraction of sp³-hybridized carbons (Fsp3) is 0. The van der Waals surface area contributed by atoms with Crippen molar-refractivity contribution in [2.75, 3.05) is 0 Å². The molecule has 0 saturated heterocycles. The Labute approximate surface area is 115 Å². The van der Waals surface area contributed by atoms with E-state index in [0.29, 0.717) is 5.56 Å². The average molecular weight is 294 g/mol. The lowest BCUT2D eigenvalue weighted by atomic mass is 10.2. The van der Waals surface area contributed by atoms with Gasteiger partial charge in [0.05, 0.1) is 11.1 Å².